The molecular weight excluding hydrogens is 245 g/mol. The summed E-state index contributed by atoms with van der Waals surface area (Å²) in [7, 11) is 0. The molecule has 1 aromatic rings. The van der Waals surface area contributed by atoms with Crippen LogP contribution in [0.25, 0.3) is 0 Å². The van der Waals surface area contributed by atoms with Crippen LogP contribution in [0.15, 0.2) is 24.3 Å². The Labute approximate surface area is 114 Å². The summed E-state index contributed by atoms with van der Waals surface area (Å²) in [5, 5.41) is 3.14. The lowest BCUT2D eigenvalue weighted by atomic mass is 10.1. The molecule has 0 heterocycles. The van der Waals surface area contributed by atoms with Crippen molar-refractivity contribution in [2.24, 2.45) is 5.92 Å². The fourth-order valence-corrected chi connectivity index (χ4v) is 1.71. The number of hydrogen-bond donors (Lipinski definition) is 1. The van der Waals surface area contributed by atoms with Gasteiger partial charge in [0, 0.05) is 19.5 Å². The van der Waals surface area contributed by atoms with Gasteiger partial charge < -0.3 is 10.1 Å². The van der Waals surface area contributed by atoms with Gasteiger partial charge in [0.1, 0.15) is 11.9 Å². The topological polar surface area (TPSA) is 38.3 Å². The lowest BCUT2D eigenvalue weighted by Gasteiger charge is -2.15. The molecule has 1 unspecified atom stereocenters. The number of nitrogens with one attached hydrogen (secondary N) is 1. The maximum absolute atomic E-state index is 12.9. The molecular formula is C15H22FNO2. The second-order valence-electron chi connectivity index (χ2n) is 5.16. The van der Waals surface area contributed by atoms with Gasteiger partial charge in [-0.15, -0.1) is 0 Å². The molecule has 0 amide bonds. The number of carbonyl (C=O) groups excluding carboxylic acids is 1. The van der Waals surface area contributed by atoms with Crippen LogP contribution in [0.1, 0.15) is 32.8 Å². The normalized spacial score (nSPS) is 12.5. The number of halogens is 1. The Balaban J connectivity index is 2.23. The molecule has 0 aliphatic carbocycles. The Morgan fingerprint density at radius 3 is 2.74 bits per heavy atom. The molecule has 1 atom stereocenters. The van der Waals surface area contributed by atoms with Crippen LogP contribution >= 0.6 is 0 Å². The minimum Gasteiger partial charge on any atom is -0.461 e. The largest absolute Gasteiger partial charge is 0.461 e. The Morgan fingerprint density at radius 2 is 2.11 bits per heavy atom. The van der Waals surface area contributed by atoms with Crippen LogP contribution in [0, 0.1) is 11.7 Å². The Kier molecular flexibility index (Phi) is 6.50. The van der Waals surface area contributed by atoms with Gasteiger partial charge in [0.25, 0.3) is 0 Å². The minimum atomic E-state index is -0.240. The first kappa shape index (κ1) is 15.6. The van der Waals surface area contributed by atoms with Gasteiger partial charge in [-0.3, -0.25) is 4.79 Å². The zero-order valence-corrected chi connectivity index (χ0v) is 11.8. The van der Waals surface area contributed by atoms with Gasteiger partial charge in [-0.25, -0.2) is 4.39 Å². The van der Waals surface area contributed by atoms with E-state index in [1.54, 1.807) is 6.07 Å². The molecule has 0 spiro atoms. The van der Waals surface area contributed by atoms with Crippen molar-refractivity contribution in [3.8, 4) is 0 Å². The summed E-state index contributed by atoms with van der Waals surface area (Å²) in [6.45, 7) is 6.92. The Bertz CT molecular complexity index is 407. The first-order valence-electron chi connectivity index (χ1n) is 6.62. The fourth-order valence-electron chi connectivity index (χ4n) is 1.71. The van der Waals surface area contributed by atoms with Crippen molar-refractivity contribution in [3.05, 3.63) is 35.6 Å². The van der Waals surface area contributed by atoms with Gasteiger partial charge >= 0.3 is 5.97 Å². The Hall–Kier alpha value is -1.42. The average Bonchev–Trinajstić information content (AvgIpc) is 2.27. The monoisotopic (exact) mass is 267 g/mol. The molecule has 106 valence electrons. The van der Waals surface area contributed by atoms with E-state index in [9.17, 15) is 9.18 Å². The predicted octanol–water partition coefficient (Wildman–Crippen LogP) is 2.89. The number of ether oxygens (including phenoxy) is 1. The quantitative estimate of drug-likeness (QED) is 0.772. The highest BCUT2D eigenvalue weighted by Gasteiger charge is 2.10. The van der Waals surface area contributed by atoms with Gasteiger partial charge in [-0.1, -0.05) is 26.0 Å². The molecule has 0 aliphatic heterocycles. The third kappa shape index (κ3) is 6.91. The standard InChI is InChI=1S/C15H22FNO2/c1-11(2)7-15(18)19-12(3)9-17-10-13-5-4-6-14(16)8-13/h4-6,8,11-12,17H,7,9-10H2,1-3H3. The Morgan fingerprint density at radius 1 is 1.37 bits per heavy atom. The zero-order valence-electron chi connectivity index (χ0n) is 11.8. The highest BCUT2D eigenvalue weighted by Crippen LogP contribution is 2.04. The van der Waals surface area contributed by atoms with Crippen LogP contribution in [0.3, 0.4) is 0 Å². The molecule has 0 fully saturated rings. The van der Waals surface area contributed by atoms with Crippen molar-refractivity contribution in [2.75, 3.05) is 6.54 Å². The molecule has 0 saturated carbocycles. The lowest BCUT2D eigenvalue weighted by Crippen LogP contribution is -2.28. The maximum Gasteiger partial charge on any atom is 0.306 e. The second-order valence-corrected chi connectivity index (χ2v) is 5.16. The molecule has 1 N–H and O–H groups in total. The van der Waals surface area contributed by atoms with E-state index < -0.39 is 0 Å². The fraction of sp³-hybridized carbons (Fsp3) is 0.533. The van der Waals surface area contributed by atoms with Gasteiger partial charge in [-0.05, 0) is 30.5 Å². The molecule has 0 aromatic heterocycles. The van der Waals surface area contributed by atoms with E-state index in [0.717, 1.165) is 5.56 Å². The summed E-state index contributed by atoms with van der Waals surface area (Å²) in [4.78, 5) is 11.4. The minimum absolute atomic E-state index is 0.171. The summed E-state index contributed by atoms with van der Waals surface area (Å²) in [5.74, 6) is -0.106. The number of benzene rings is 1. The summed E-state index contributed by atoms with van der Waals surface area (Å²) >= 11 is 0. The predicted molar refractivity (Wildman–Crippen MR) is 73.1 cm³/mol. The van der Waals surface area contributed by atoms with E-state index in [4.69, 9.17) is 4.74 Å². The van der Waals surface area contributed by atoms with Gasteiger partial charge in [0.05, 0.1) is 0 Å². The van der Waals surface area contributed by atoms with Crippen LogP contribution < -0.4 is 5.32 Å². The molecule has 4 heteroatoms. The van der Waals surface area contributed by atoms with E-state index in [0.29, 0.717) is 25.4 Å². The van der Waals surface area contributed by atoms with E-state index in [1.165, 1.54) is 12.1 Å². The number of carbonyl (C=O) groups is 1. The molecule has 19 heavy (non-hydrogen) atoms. The van der Waals surface area contributed by atoms with Crippen molar-refractivity contribution < 1.29 is 13.9 Å². The number of rotatable bonds is 7. The SMILES string of the molecule is CC(C)CC(=O)OC(C)CNCc1cccc(F)c1. The van der Waals surface area contributed by atoms with Crippen LogP contribution in [0.2, 0.25) is 0 Å². The summed E-state index contributed by atoms with van der Waals surface area (Å²) in [6, 6.07) is 6.44. The van der Waals surface area contributed by atoms with Crippen LogP contribution in [-0.2, 0) is 16.1 Å². The van der Waals surface area contributed by atoms with E-state index in [2.05, 4.69) is 5.32 Å². The highest BCUT2D eigenvalue weighted by molar-refractivity contribution is 5.69. The third-order valence-electron chi connectivity index (χ3n) is 2.56. The molecule has 0 radical (unpaired) electrons. The first-order valence-corrected chi connectivity index (χ1v) is 6.62. The summed E-state index contributed by atoms with van der Waals surface area (Å²) < 4.78 is 18.2. The smallest absolute Gasteiger partial charge is 0.306 e. The number of esters is 1. The molecule has 0 bridgehead atoms. The van der Waals surface area contributed by atoms with Gasteiger partial charge in [0.2, 0.25) is 0 Å². The van der Waals surface area contributed by atoms with Crippen LogP contribution in [0.4, 0.5) is 4.39 Å². The van der Waals surface area contributed by atoms with E-state index >= 15 is 0 Å². The average molecular weight is 267 g/mol. The molecule has 0 aliphatic rings. The number of hydrogen-bond acceptors (Lipinski definition) is 3. The van der Waals surface area contributed by atoms with Crippen molar-refractivity contribution >= 4 is 5.97 Å². The van der Waals surface area contributed by atoms with Crippen LogP contribution in [0.5, 0.6) is 0 Å². The van der Waals surface area contributed by atoms with Crippen LogP contribution in [-0.4, -0.2) is 18.6 Å². The van der Waals surface area contributed by atoms with E-state index in [1.807, 2.05) is 26.8 Å². The molecule has 1 aromatic carbocycles. The van der Waals surface area contributed by atoms with Crippen molar-refractivity contribution in [3.63, 3.8) is 0 Å². The second kappa shape index (κ2) is 7.89. The van der Waals surface area contributed by atoms with Crippen molar-refractivity contribution in [1.29, 1.82) is 0 Å². The highest BCUT2D eigenvalue weighted by atomic mass is 19.1. The van der Waals surface area contributed by atoms with Gasteiger partial charge in [0.15, 0.2) is 0 Å². The van der Waals surface area contributed by atoms with E-state index in [-0.39, 0.29) is 17.9 Å². The maximum atomic E-state index is 12.9. The molecule has 1 rings (SSSR count). The molecule has 0 saturated heterocycles. The molecule has 3 nitrogen and oxygen atoms in total. The summed E-state index contributed by atoms with van der Waals surface area (Å²) in [5.41, 5.74) is 0.876. The third-order valence-corrected chi connectivity index (χ3v) is 2.56. The first-order chi connectivity index (χ1) is 8.97. The lowest BCUT2D eigenvalue weighted by molar-refractivity contribution is -0.148. The van der Waals surface area contributed by atoms with Crippen molar-refractivity contribution in [1.82, 2.24) is 5.32 Å². The summed E-state index contributed by atoms with van der Waals surface area (Å²) in [6.07, 6.45) is 0.258. The zero-order chi connectivity index (χ0) is 14.3. The van der Waals surface area contributed by atoms with Gasteiger partial charge in [-0.2, -0.15) is 0 Å². The van der Waals surface area contributed by atoms with Crippen molar-refractivity contribution in [2.45, 2.75) is 39.8 Å².